The summed E-state index contributed by atoms with van der Waals surface area (Å²) in [5, 5.41) is 27.2. The molecule has 0 spiro atoms. The van der Waals surface area contributed by atoms with Gasteiger partial charge in [0.15, 0.2) is 5.76 Å². The Labute approximate surface area is 234 Å². The van der Waals surface area contributed by atoms with E-state index in [1.165, 1.54) is 47.9 Å². The van der Waals surface area contributed by atoms with Crippen LogP contribution in [0.15, 0.2) is 84.3 Å². The lowest BCUT2D eigenvalue weighted by atomic mass is 10.0. The summed E-state index contributed by atoms with van der Waals surface area (Å²) in [7, 11) is 1.28. The predicted molar refractivity (Wildman–Crippen MR) is 147 cm³/mol. The highest BCUT2D eigenvalue weighted by Gasteiger charge is 2.54. The lowest BCUT2D eigenvalue weighted by Gasteiger charge is -2.49. The van der Waals surface area contributed by atoms with Crippen LogP contribution in [-0.2, 0) is 25.8 Å². The number of furan rings is 2. The normalized spacial score (nSPS) is 19.1. The molecule has 11 nitrogen and oxygen atoms in total. The van der Waals surface area contributed by atoms with Crippen molar-refractivity contribution >= 4 is 69.0 Å². The lowest BCUT2D eigenvalue weighted by Crippen LogP contribution is -2.71. The lowest BCUT2D eigenvalue weighted by molar-refractivity contribution is -0.150. The molecule has 40 heavy (non-hydrogen) atoms. The Bertz CT molecular complexity index is 1730. The molecule has 0 unspecified atom stereocenters. The Kier molecular flexibility index (Phi) is 6.78. The number of carbonyl (C=O) groups is 3. The third kappa shape index (κ3) is 4.31. The number of benzene rings is 2. The highest BCUT2D eigenvalue weighted by atomic mass is 32.2. The van der Waals surface area contributed by atoms with Crippen molar-refractivity contribution in [3.8, 4) is 0 Å². The van der Waals surface area contributed by atoms with Crippen molar-refractivity contribution in [3.63, 3.8) is 0 Å². The molecule has 4 aromatic rings. The summed E-state index contributed by atoms with van der Waals surface area (Å²) in [4.78, 5) is 45.5. The smallest absolute Gasteiger partial charge is 0.353 e. The molecule has 1 fully saturated rings. The maximum absolute atomic E-state index is 13.1. The van der Waals surface area contributed by atoms with E-state index in [0.717, 1.165) is 15.7 Å². The largest absolute Gasteiger partial charge is 0.477 e. The number of rotatable bonds is 8. The fourth-order valence-corrected chi connectivity index (χ4v) is 7.25. The Morgan fingerprint density at radius 2 is 2.08 bits per heavy atom. The van der Waals surface area contributed by atoms with Crippen LogP contribution in [0.5, 0.6) is 0 Å². The van der Waals surface area contributed by atoms with Gasteiger partial charge in [-0.3, -0.25) is 14.5 Å². The maximum atomic E-state index is 13.1. The highest BCUT2D eigenvalue weighted by molar-refractivity contribution is 8.06. The fourth-order valence-electron chi connectivity index (χ4n) is 4.75. The quantitative estimate of drug-likeness (QED) is 0.160. The average Bonchev–Trinajstić information content (AvgIpc) is 3.62. The number of aliphatic hydroxyl groups excluding tert-OH is 1. The number of hydrogen-bond donors (Lipinski definition) is 3. The van der Waals surface area contributed by atoms with Crippen LogP contribution in [0.3, 0.4) is 0 Å². The number of amides is 2. The highest BCUT2D eigenvalue weighted by Crippen LogP contribution is 2.46. The van der Waals surface area contributed by atoms with Crippen LogP contribution in [-0.4, -0.2) is 62.9 Å². The summed E-state index contributed by atoms with van der Waals surface area (Å²) in [6.07, 6.45) is 1.38. The second kappa shape index (κ2) is 10.4. The van der Waals surface area contributed by atoms with E-state index in [-0.39, 0.29) is 23.8 Å². The van der Waals surface area contributed by atoms with E-state index >= 15 is 0 Å². The number of β-lactam (4-membered cyclic amide) rings is 1. The SMILES string of the molecule is CON=C(C(=O)N[C@@H]1C(=O)N2C(C(=O)O)=C(Sc3ccc4c(c3)oc3c(CO)cccc34)CS[C@@H]12)c1ccco1. The Hall–Kier alpha value is -4.20. The topological polar surface area (TPSA) is 155 Å². The number of carboxylic acids is 1. The number of carboxylic acid groups (broad SMARTS) is 1. The summed E-state index contributed by atoms with van der Waals surface area (Å²) in [6, 6.07) is 13.3. The molecule has 2 aliphatic rings. The van der Waals surface area contributed by atoms with Crippen molar-refractivity contribution in [1.82, 2.24) is 10.2 Å². The van der Waals surface area contributed by atoms with Gasteiger partial charge in [-0.1, -0.05) is 35.1 Å². The van der Waals surface area contributed by atoms with Crippen LogP contribution in [0.1, 0.15) is 11.3 Å². The van der Waals surface area contributed by atoms with Gasteiger partial charge in [-0.15, -0.1) is 11.8 Å². The van der Waals surface area contributed by atoms with Gasteiger partial charge in [-0.05, 0) is 30.3 Å². The molecule has 2 aromatic heterocycles. The number of fused-ring (bicyclic) bond motifs is 4. The molecule has 0 aliphatic carbocycles. The van der Waals surface area contributed by atoms with Gasteiger partial charge < -0.3 is 29.2 Å². The molecule has 2 aromatic carbocycles. The number of carbonyl (C=O) groups excluding carboxylic acids is 2. The minimum absolute atomic E-state index is 0.117. The van der Waals surface area contributed by atoms with Crippen LogP contribution in [0.4, 0.5) is 0 Å². The van der Waals surface area contributed by atoms with Crippen LogP contribution in [0.25, 0.3) is 21.9 Å². The summed E-state index contributed by atoms with van der Waals surface area (Å²) < 4.78 is 11.3. The van der Waals surface area contributed by atoms with Gasteiger partial charge in [-0.2, -0.15) is 0 Å². The fraction of sp³-hybridized carbons (Fsp3) is 0.185. The number of aliphatic carboxylic acids is 1. The standard InChI is InChI=1S/C27H21N3O8S2/c1-36-29-20(17-6-3-9-37-17)24(32)28-21-25(33)30-22(27(34)35)19(12-39-26(21)30)40-14-7-8-15-16-5-2-4-13(11-31)23(16)38-18(15)10-14/h2-10,21,26,31H,11-12H2,1H3,(H,28,32)(H,34,35)/t21-,26+/m1/s1. The molecule has 2 amide bonds. The molecule has 1 saturated heterocycles. The number of para-hydroxylation sites is 1. The van der Waals surface area contributed by atoms with E-state index in [9.17, 15) is 24.6 Å². The second-order valence-corrected chi connectivity index (χ2v) is 11.1. The zero-order chi connectivity index (χ0) is 28.0. The Morgan fingerprint density at radius 3 is 2.80 bits per heavy atom. The summed E-state index contributed by atoms with van der Waals surface area (Å²) in [6.45, 7) is -0.152. The molecule has 6 rings (SSSR count). The first-order valence-corrected chi connectivity index (χ1v) is 13.9. The van der Waals surface area contributed by atoms with Crippen molar-refractivity contribution < 1.29 is 38.3 Å². The van der Waals surface area contributed by atoms with Crippen molar-refractivity contribution in [2.24, 2.45) is 5.16 Å². The van der Waals surface area contributed by atoms with Crippen LogP contribution >= 0.6 is 23.5 Å². The monoisotopic (exact) mass is 579 g/mol. The zero-order valence-electron chi connectivity index (χ0n) is 20.8. The predicted octanol–water partition coefficient (Wildman–Crippen LogP) is 3.51. The third-order valence-electron chi connectivity index (χ3n) is 6.54. The molecule has 2 atom stereocenters. The van der Waals surface area contributed by atoms with E-state index in [1.54, 1.807) is 12.1 Å². The molecule has 2 aliphatic heterocycles. The maximum Gasteiger partial charge on any atom is 0.353 e. The summed E-state index contributed by atoms with van der Waals surface area (Å²) >= 11 is 2.59. The van der Waals surface area contributed by atoms with Gasteiger partial charge in [0.25, 0.3) is 11.8 Å². The van der Waals surface area contributed by atoms with Crippen molar-refractivity contribution in [2.75, 3.05) is 12.9 Å². The van der Waals surface area contributed by atoms with Gasteiger partial charge in [0, 0.05) is 31.9 Å². The first-order chi connectivity index (χ1) is 19.4. The van der Waals surface area contributed by atoms with Gasteiger partial charge in [0.05, 0.1) is 12.9 Å². The van der Waals surface area contributed by atoms with E-state index in [1.807, 2.05) is 30.3 Å². The number of nitrogens with zero attached hydrogens (tertiary/aromatic N) is 2. The van der Waals surface area contributed by atoms with E-state index in [2.05, 4.69) is 10.5 Å². The molecular formula is C27H21N3O8S2. The first-order valence-electron chi connectivity index (χ1n) is 12.0. The second-order valence-electron chi connectivity index (χ2n) is 8.85. The molecule has 4 heterocycles. The number of thioether (sulfide) groups is 2. The van der Waals surface area contributed by atoms with Crippen LogP contribution in [0.2, 0.25) is 0 Å². The average molecular weight is 580 g/mol. The minimum atomic E-state index is -1.24. The van der Waals surface area contributed by atoms with Gasteiger partial charge in [0.1, 0.15) is 35.4 Å². The Morgan fingerprint density at radius 1 is 1.23 bits per heavy atom. The molecular weight excluding hydrogens is 558 g/mol. The third-order valence-corrected chi connectivity index (χ3v) is 9.07. The molecule has 0 bridgehead atoms. The molecule has 3 N–H and O–H groups in total. The molecule has 13 heteroatoms. The van der Waals surface area contributed by atoms with Gasteiger partial charge in [-0.25, -0.2) is 4.79 Å². The number of hydrogen-bond acceptors (Lipinski definition) is 10. The number of aliphatic hydroxyl groups is 1. The summed E-state index contributed by atoms with van der Waals surface area (Å²) in [5.41, 5.74) is 1.63. The number of nitrogens with one attached hydrogen (secondary N) is 1. The first kappa shape index (κ1) is 26.0. The van der Waals surface area contributed by atoms with Crippen molar-refractivity contribution in [2.45, 2.75) is 22.9 Å². The molecule has 204 valence electrons. The summed E-state index contributed by atoms with van der Waals surface area (Å²) in [5.74, 6) is -1.97. The molecule has 0 radical (unpaired) electrons. The number of oxime groups is 1. The van der Waals surface area contributed by atoms with E-state index in [4.69, 9.17) is 13.7 Å². The van der Waals surface area contributed by atoms with Gasteiger partial charge >= 0.3 is 5.97 Å². The minimum Gasteiger partial charge on any atom is -0.477 e. The van der Waals surface area contributed by atoms with Crippen LogP contribution < -0.4 is 5.32 Å². The van der Waals surface area contributed by atoms with E-state index in [0.29, 0.717) is 27.4 Å². The molecule has 0 saturated carbocycles. The van der Waals surface area contributed by atoms with E-state index < -0.39 is 29.2 Å². The Balaban J connectivity index is 1.25. The van der Waals surface area contributed by atoms with Crippen LogP contribution in [0, 0.1) is 0 Å². The van der Waals surface area contributed by atoms with Crippen molar-refractivity contribution in [3.05, 3.63) is 76.7 Å². The van der Waals surface area contributed by atoms with Crippen molar-refractivity contribution in [1.29, 1.82) is 0 Å². The zero-order valence-corrected chi connectivity index (χ0v) is 22.5. The van der Waals surface area contributed by atoms with Gasteiger partial charge in [0.2, 0.25) is 5.71 Å².